The normalized spacial score (nSPS) is 10.4. The Labute approximate surface area is 107 Å². The van der Waals surface area contributed by atoms with Crippen LogP contribution in [-0.2, 0) is 13.6 Å². The van der Waals surface area contributed by atoms with Crippen molar-refractivity contribution in [3.8, 4) is 0 Å². The molecule has 1 N–H and O–H groups in total. The molecule has 1 aromatic heterocycles. The lowest BCUT2D eigenvalue weighted by Gasteiger charge is -2.05. The molecule has 0 radical (unpaired) electrons. The molecule has 2 rings (SSSR count). The average molecular weight is 242 g/mol. The molecule has 3 heteroatoms. The number of rotatable bonds is 3. The van der Waals surface area contributed by atoms with Crippen LogP contribution < -0.4 is 5.32 Å². The summed E-state index contributed by atoms with van der Waals surface area (Å²) in [6, 6.07) is 11.8. The van der Waals surface area contributed by atoms with Gasteiger partial charge in [-0.25, -0.2) is 0 Å². The molecule has 0 unspecified atom stereocenters. The van der Waals surface area contributed by atoms with E-state index in [1.54, 1.807) is 0 Å². The second kappa shape index (κ2) is 5.08. The number of aryl methyl sites for hydroxylation is 1. The molecule has 0 aliphatic carbocycles. The third kappa shape index (κ3) is 2.45. The van der Waals surface area contributed by atoms with Gasteiger partial charge in [0.1, 0.15) is 0 Å². The number of hydrogen-bond acceptors (Lipinski definition) is 1. The number of aromatic nitrogens is 1. The number of benzene rings is 1. The van der Waals surface area contributed by atoms with Crippen molar-refractivity contribution < 1.29 is 4.79 Å². The van der Waals surface area contributed by atoms with Crippen LogP contribution in [0, 0.1) is 13.8 Å². The molecular weight excluding hydrogens is 224 g/mol. The van der Waals surface area contributed by atoms with Crippen LogP contribution in [0.4, 0.5) is 0 Å². The van der Waals surface area contributed by atoms with E-state index in [9.17, 15) is 4.79 Å². The topological polar surface area (TPSA) is 34.0 Å². The molecule has 0 spiro atoms. The molecule has 94 valence electrons. The quantitative estimate of drug-likeness (QED) is 0.882. The summed E-state index contributed by atoms with van der Waals surface area (Å²) < 4.78 is 2.03. The first-order valence-electron chi connectivity index (χ1n) is 6.04. The van der Waals surface area contributed by atoms with E-state index in [2.05, 4.69) is 5.32 Å². The van der Waals surface area contributed by atoms with Crippen molar-refractivity contribution in [2.24, 2.45) is 7.05 Å². The van der Waals surface area contributed by atoms with Crippen LogP contribution in [-0.4, -0.2) is 10.5 Å². The molecule has 0 aliphatic rings. The summed E-state index contributed by atoms with van der Waals surface area (Å²) in [7, 11) is 1.97. The number of hydrogen-bond donors (Lipinski definition) is 1. The van der Waals surface area contributed by atoms with Gasteiger partial charge in [0.2, 0.25) is 0 Å². The van der Waals surface area contributed by atoms with Crippen LogP contribution in [0.2, 0.25) is 0 Å². The van der Waals surface area contributed by atoms with E-state index in [0.29, 0.717) is 6.54 Å². The van der Waals surface area contributed by atoms with E-state index >= 15 is 0 Å². The van der Waals surface area contributed by atoms with E-state index in [-0.39, 0.29) is 5.91 Å². The van der Waals surface area contributed by atoms with Gasteiger partial charge >= 0.3 is 0 Å². The van der Waals surface area contributed by atoms with E-state index in [0.717, 1.165) is 22.5 Å². The number of nitrogens with one attached hydrogen (secondary N) is 1. The van der Waals surface area contributed by atoms with Crippen molar-refractivity contribution in [1.29, 1.82) is 0 Å². The van der Waals surface area contributed by atoms with Gasteiger partial charge in [-0.05, 0) is 25.5 Å². The molecule has 0 bridgehead atoms. The maximum Gasteiger partial charge on any atom is 0.253 e. The zero-order valence-electron chi connectivity index (χ0n) is 11.0. The molecule has 18 heavy (non-hydrogen) atoms. The summed E-state index contributed by atoms with van der Waals surface area (Å²) in [4.78, 5) is 12.1. The Morgan fingerprint density at radius 1 is 1.22 bits per heavy atom. The maximum absolute atomic E-state index is 12.1. The Morgan fingerprint density at radius 3 is 2.44 bits per heavy atom. The molecule has 1 heterocycles. The highest BCUT2D eigenvalue weighted by molar-refractivity contribution is 5.95. The van der Waals surface area contributed by atoms with Crippen molar-refractivity contribution in [2.75, 3.05) is 0 Å². The van der Waals surface area contributed by atoms with Crippen LogP contribution in [0.25, 0.3) is 0 Å². The van der Waals surface area contributed by atoms with E-state index in [1.807, 2.05) is 61.9 Å². The summed E-state index contributed by atoms with van der Waals surface area (Å²) in [6.07, 6.45) is 0. The minimum absolute atomic E-state index is 0.0138. The van der Waals surface area contributed by atoms with Gasteiger partial charge in [0.05, 0.1) is 5.56 Å². The Balaban J connectivity index is 2.06. The van der Waals surface area contributed by atoms with Gasteiger partial charge in [0, 0.05) is 25.0 Å². The van der Waals surface area contributed by atoms with E-state index < -0.39 is 0 Å². The number of carbonyl (C=O) groups is 1. The number of nitrogens with zero attached hydrogens (tertiary/aromatic N) is 1. The molecule has 3 nitrogen and oxygen atoms in total. The Bertz CT molecular complexity index is 555. The van der Waals surface area contributed by atoms with Crippen molar-refractivity contribution in [3.05, 3.63) is 58.9 Å². The first-order valence-corrected chi connectivity index (χ1v) is 6.04. The zero-order chi connectivity index (χ0) is 13.1. The number of amides is 1. The van der Waals surface area contributed by atoms with Gasteiger partial charge in [0.25, 0.3) is 5.91 Å². The second-order valence-electron chi connectivity index (χ2n) is 4.51. The van der Waals surface area contributed by atoms with Gasteiger partial charge in [-0.3, -0.25) is 4.79 Å². The van der Waals surface area contributed by atoms with Gasteiger partial charge in [-0.2, -0.15) is 0 Å². The zero-order valence-corrected chi connectivity index (χ0v) is 11.0. The first kappa shape index (κ1) is 12.4. The van der Waals surface area contributed by atoms with Crippen molar-refractivity contribution in [3.63, 3.8) is 0 Å². The minimum Gasteiger partial charge on any atom is -0.351 e. The monoisotopic (exact) mass is 242 g/mol. The maximum atomic E-state index is 12.1. The van der Waals surface area contributed by atoms with Crippen LogP contribution in [0.3, 0.4) is 0 Å². The van der Waals surface area contributed by atoms with Crippen molar-refractivity contribution in [1.82, 2.24) is 9.88 Å². The van der Waals surface area contributed by atoms with Crippen LogP contribution in [0.5, 0.6) is 0 Å². The molecule has 0 saturated carbocycles. The summed E-state index contributed by atoms with van der Waals surface area (Å²) in [5.74, 6) is -0.0138. The summed E-state index contributed by atoms with van der Waals surface area (Å²) in [6.45, 7) is 4.53. The highest BCUT2D eigenvalue weighted by Crippen LogP contribution is 2.13. The lowest BCUT2D eigenvalue weighted by Crippen LogP contribution is -2.23. The van der Waals surface area contributed by atoms with Crippen LogP contribution >= 0.6 is 0 Å². The summed E-state index contributed by atoms with van der Waals surface area (Å²) in [5, 5.41) is 2.94. The largest absolute Gasteiger partial charge is 0.351 e. The molecule has 1 amide bonds. The first-order chi connectivity index (χ1) is 8.59. The lowest BCUT2D eigenvalue weighted by molar-refractivity contribution is 0.0950. The molecule has 1 aromatic carbocycles. The van der Waals surface area contributed by atoms with E-state index in [1.165, 1.54) is 0 Å². The SMILES string of the molecule is Cc1cc(C(=O)NCc2ccccc2)c(C)n1C. The predicted octanol–water partition coefficient (Wildman–Crippen LogP) is 2.57. The Morgan fingerprint density at radius 2 is 1.89 bits per heavy atom. The third-order valence-corrected chi connectivity index (χ3v) is 3.32. The smallest absolute Gasteiger partial charge is 0.253 e. The highest BCUT2D eigenvalue weighted by Gasteiger charge is 2.13. The molecule has 0 fully saturated rings. The fourth-order valence-electron chi connectivity index (χ4n) is 1.96. The van der Waals surface area contributed by atoms with Gasteiger partial charge in [0.15, 0.2) is 0 Å². The standard InChI is InChI=1S/C15H18N2O/c1-11-9-14(12(2)17(11)3)15(18)16-10-13-7-5-4-6-8-13/h4-9H,10H2,1-3H3,(H,16,18). The fourth-order valence-corrected chi connectivity index (χ4v) is 1.96. The molecular formula is C15H18N2O. The third-order valence-electron chi connectivity index (χ3n) is 3.32. The summed E-state index contributed by atoms with van der Waals surface area (Å²) in [5.41, 5.74) is 3.96. The Hall–Kier alpha value is -2.03. The predicted molar refractivity (Wildman–Crippen MR) is 72.5 cm³/mol. The average Bonchev–Trinajstić information content (AvgIpc) is 2.65. The fraction of sp³-hybridized carbons (Fsp3) is 0.267. The van der Waals surface area contributed by atoms with Crippen LogP contribution in [0.1, 0.15) is 27.3 Å². The van der Waals surface area contributed by atoms with E-state index in [4.69, 9.17) is 0 Å². The number of carbonyl (C=O) groups excluding carboxylic acids is 1. The minimum atomic E-state index is -0.0138. The van der Waals surface area contributed by atoms with Gasteiger partial charge < -0.3 is 9.88 Å². The molecule has 0 aliphatic heterocycles. The summed E-state index contributed by atoms with van der Waals surface area (Å²) >= 11 is 0. The Kier molecular flexibility index (Phi) is 3.51. The van der Waals surface area contributed by atoms with Crippen molar-refractivity contribution in [2.45, 2.75) is 20.4 Å². The van der Waals surface area contributed by atoms with Crippen molar-refractivity contribution >= 4 is 5.91 Å². The van der Waals surface area contributed by atoms with Gasteiger partial charge in [-0.15, -0.1) is 0 Å². The molecule has 0 saturated heterocycles. The van der Waals surface area contributed by atoms with Crippen LogP contribution in [0.15, 0.2) is 36.4 Å². The second-order valence-corrected chi connectivity index (χ2v) is 4.51. The molecule has 0 atom stereocenters. The van der Waals surface area contributed by atoms with Gasteiger partial charge in [-0.1, -0.05) is 30.3 Å². The molecule has 2 aromatic rings. The highest BCUT2D eigenvalue weighted by atomic mass is 16.1. The lowest BCUT2D eigenvalue weighted by atomic mass is 10.2.